The summed E-state index contributed by atoms with van der Waals surface area (Å²) in [5, 5.41) is 5.31. The van der Waals surface area contributed by atoms with E-state index in [2.05, 4.69) is 51.0 Å². The van der Waals surface area contributed by atoms with Gasteiger partial charge in [-0.1, -0.05) is 18.2 Å². The summed E-state index contributed by atoms with van der Waals surface area (Å²) in [5.41, 5.74) is 8.08. The lowest BCUT2D eigenvalue weighted by Crippen LogP contribution is -2.17. The number of para-hydroxylation sites is 1. The van der Waals surface area contributed by atoms with Gasteiger partial charge in [0.2, 0.25) is 0 Å². The number of rotatable bonds is 4. The molecule has 0 spiro atoms. The number of carbonyl (C=O) groups excluding carboxylic acids is 1. The largest absolute Gasteiger partial charge is 0.344 e. The maximum absolute atomic E-state index is 12.4. The molecule has 6 nitrogen and oxygen atoms in total. The van der Waals surface area contributed by atoms with E-state index in [9.17, 15) is 4.79 Å². The Morgan fingerprint density at radius 2 is 2.00 bits per heavy atom. The number of hydrogen-bond donors (Lipinski definition) is 3. The van der Waals surface area contributed by atoms with Crippen molar-refractivity contribution in [2.45, 2.75) is 20.4 Å². The first-order valence-corrected chi connectivity index (χ1v) is 9.12. The Bertz CT molecular complexity index is 1240. The van der Waals surface area contributed by atoms with Crippen LogP contribution in [0.5, 0.6) is 0 Å². The number of H-pyrrole nitrogens is 2. The summed E-state index contributed by atoms with van der Waals surface area (Å²) in [6, 6.07) is 13.5. The second-order valence-corrected chi connectivity index (χ2v) is 6.71. The van der Waals surface area contributed by atoms with Crippen molar-refractivity contribution < 1.29 is 4.79 Å². The molecular weight excluding hydrogens is 358 g/mol. The van der Waals surface area contributed by atoms with Crippen LogP contribution in [0.1, 0.15) is 28.5 Å². The molecule has 0 saturated heterocycles. The summed E-state index contributed by atoms with van der Waals surface area (Å²) < 4.78 is 2.77. The van der Waals surface area contributed by atoms with Gasteiger partial charge >= 0.3 is 0 Å². The van der Waals surface area contributed by atoms with Gasteiger partial charge < -0.3 is 14.5 Å². The Morgan fingerprint density at radius 3 is 2.81 bits per heavy atom. The molecule has 1 amide bonds. The van der Waals surface area contributed by atoms with Gasteiger partial charge in [-0.3, -0.25) is 4.79 Å². The molecule has 4 aromatic rings. The fourth-order valence-electron chi connectivity index (χ4n) is 3.42. The van der Waals surface area contributed by atoms with Crippen LogP contribution in [-0.4, -0.2) is 26.7 Å². The standard InChI is InChI=1S/C20H19N5OS/c1-3-25-12(2)15(14-6-4-5-7-18(14)25)11-21-24-19(26)13-8-9-16-17(10-13)23-20(27)22-16/h4-11H,3H2,1-2H3,(H,24,26)(H2,22,23,27)/b21-11-. The number of benzene rings is 2. The number of hydrazone groups is 1. The third-order valence-corrected chi connectivity index (χ3v) is 4.94. The van der Waals surface area contributed by atoms with Gasteiger partial charge in [0.25, 0.3) is 5.91 Å². The average Bonchev–Trinajstić information content (AvgIpc) is 3.17. The molecule has 0 aliphatic rings. The molecule has 2 aromatic heterocycles. The molecule has 2 heterocycles. The summed E-state index contributed by atoms with van der Waals surface area (Å²) in [7, 11) is 0. The third-order valence-electron chi connectivity index (χ3n) is 4.73. The maximum atomic E-state index is 12.4. The zero-order valence-corrected chi connectivity index (χ0v) is 15.9. The van der Waals surface area contributed by atoms with Gasteiger partial charge in [0.15, 0.2) is 4.77 Å². The second-order valence-electron chi connectivity index (χ2n) is 6.30. The van der Waals surface area contributed by atoms with Crippen molar-refractivity contribution in [1.82, 2.24) is 20.0 Å². The Morgan fingerprint density at radius 1 is 1.22 bits per heavy atom. The van der Waals surface area contributed by atoms with Crippen molar-refractivity contribution in [3.63, 3.8) is 0 Å². The van der Waals surface area contributed by atoms with Crippen LogP contribution in [0.15, 0.2) is 47.6 Å². The molecule has 0 unspecified atom stereocenters. The minimum atomic E-state index is -0.273. The average molecular weight is 377 g/mol. The summed E-state index contributed by atoms with van der Waals surface area (Å²) in [5.74, 6) is -0.273. The van der Waals surface area contributed by atoms with Gasteiger partial charge in [-0.2, -0.15) is 5.10 Å². The van der Waals surface area contributed by atoms with Crippen molar-refractivity contribution >= 4 is 46.3 Å². The number of aromatic nitrogens is 3. The molecule has 0 bridgehead atoms. The number of nitrogens with zero attached hydrogens (tertiary/aromatic N) is 2. The van der Waals surface area contributed by atoms with Crippen LogP contribution in [0.3, 0.4) is 0 Å². The minimum absolute atomic E-state index is 0.273. The van der Waals surface area contributed by atoms with Crippen molar-refractivity contribution in [1.29, 1.82) is 0 Å². The van der Waals surface area contributed by atoms with Gasteiger partial charge in [0, 0.05) is 34.3 Å². The number of carbonyl (C=O) groups is 1. The first-order valence-electron chi connectivity index (χ1n) is 8.71. The molecular formula is C20H19N5OS. The number of nitrogens with one attached hydrogen (secondary N) is 3. The van der Waals surface area contributed by atoms with Crippen molar-refractivity contribution in [2.75, 3.05) is 0 Å². The summed E-state index contributed by atoms with van der Waals surface area (Å²) in [4.78, 5) is 18.4. The lowest BCUT2D eigenvalue weighted by atomic mass is 10.1. The van der Waals surface area contributed by atoms with Crippen LogP contribution in [0.25, 0.3) is 21.9 Å². The molecule has 0 saturated carbocycles. The minimum Gasteiger partial charge on any atom is -0.344 e. The highest BCUT2D eigenvalue weighted by Crippen LogP contribution is 2.24. The van der Waals surface area contributed by atoms with E-state index < -0.39 is 0 Å². The van der Waals surface area contributed by atoms with Gasteiger partial charge in [-0.15, -0.1) is 0 Å². The molecule has 0 atom stereocenters. The van der Waals surface area contributed by atoms with E-state index in [-0.39, 0.29) is 5.91 Å². The van der Waals surface area contributed by atoms with Crippen LogP contribution < -0.4 is 5.43 Å². The smallest absolute Gasteiger partial charge is 0.271 e. The predicted molar refractivity (Wildman–Crippen MR) is 111 cm³/mol. The number of amides is 1. The summed E-state index contributed by atoms with van der Waals surface area (Å²) in [6.45, 7) is 5.06. The van der Waals surface area contributed by atoms with E-state index in [1.807, 2.05) is 18.2 Å². The lowest BCUT2D eigenvalue weighted by Gasteiger charge is -2.03. The topological polar surface area (TPSA) is 78.0 Å². The second kappa shape index (κ2) is 6.85. The molecule has 0 aliphatic heterocycles. The number of imidazole rings is 1. The molecule has 2 aromatic carbocycles. The molecule has 7 heteroatoms. The molecule has 3 N–H and O–H groups in total. The molecule has 0 aliphatic carbocycles. The van der Waals surface area contributed by atoms with Crippen molar-refractivity contribution in [3.8, 4) is 0 Å². The SMILES string of the molecule is CCn1c(C)c(/C=N\NC(=O)c2ccc3[nH]c(=S)[nH]c3c2)c2ccccc21. The Labute approximate surface area is 160 Å². The fraction of sp³-hybridized carbons (Fsp3) is 0.150. The van der Waals surface area contributed by atoms with Crippen LogP contribution in [0.2, 0.25) is 0 Å². The van der Waals surface area contributed by atoms with E-state index in [4.69, 9.17) is 12.2 Å². The number of hydrogen-bond acceptors (Lipinski definition) is 3. The molecule has 27 heavy (non-hydrogen) atoms. The first kappa shape index (κ1) is 17.2. The quantitative estimate of drug-likeness (QED) is 0.282. The van der Waals surface area contributed by atoms with Gasteiger partial charge in [0.05, 0.1) is 17.2 Å². The van der Waals surface area contributed by atoms with E-state index in [0.717, 1.165) is 34.2 Å². The monoisotopic (exact) mass is 377 g/mol. The Hall–Kier alpha value is -3.19. The summed E-state index contributed by atoms with van der Waals surface area (Å²) in [6.07, 6.45) is 1.71. The number of fused-ring (bicyclic) bond motifs is 2. The van der Waals surface area contributed by atoms with Gasteiger partial charge in [-0.25, -0.2) is 5.43 Å². The zero-order chi connectivity index (χ0) is 19.0. The van der Waals surface area contributed by atoms with E-state index >= 15 is 0 Å². The third kappa shape index (κ3) is 3.06. The van der Waals surface area contributed by atoms with Gasteiger partial charge in [-0.05, 0) is 50.3 Å². The van der Waals surface area contributed by atoms with Crippen LogP contribution in [0.4, 0.5) is 0 Å². The van der Waals surface area contributed by atoms with E-state index in [0.29, 0.717) is 10.3 Å². The maximum Gasteiger partial charge on any atom is 0.271 e. The predicted octanol–water partition coefficient (Wildman–Crippen LogP) is 4.27. The molecule has 136 valence electrons. The first-order chi connectivity index (χ1) is 13.1. The fourth-order valence-corrected chi connectivity index (χ4v) is 3.64. The van der Waals surface area contributed by atoms with Crippen molar-refractivity contribution in [2.24, 2.45) is 5.10 Å². The Kier molecular flexibility index (Phi) is 4.37. The number of aromatic amines is 2. The highest BCUT2D eigenvalue weighted by atomic mass is 32.1. The van der Waals surface area contributed by atoms with Crippen molar-refractivity contribution in [3.05, 3.63) is 64.1 Å². The number of aryl methyl sites for hydroxylation is 1. The van der Waals surface area contributed by atoms with Crippen LogP contribution in [-0.2, 0) is 6.54 Å². The normalized spacial score (nSPS) is 11.6. The lowest BCUT2D eigenvalue weighted by molar-refractivity contribution is 0.0955. The van der Waals surface area contributed by atoms with E-state index in [1.165, 1.54) is 5.52 Å². The highest BCUT2D eigenvalue weighted by Gasteiger charge is 2.11. The molecule has 0 fully saturated rings. The Balaban J connectivity index is 1.60. The zero-order valence-electron chi connectivity index (χ0n) is 15.0. The van der Waals surface area contributed by atoms with Gasteiger partial charge in [0.1, 0.15) is 0 Å². The van der Waals surface area contributed by atoms with Crippen LogP contribution >= 0.6 is 12.2 Å². The summed E-state index contributed by atoms with van der Waals surface area (Å²) >= 11 is 5.07. The highest BCUT2D eigenvalue weighted by molar-refractivity contribution is 7.71. The van der Waals surface area contributed by atoms with E-state index in [1.54, 1.807) is 18.3 Å². The van der Waals surface area contributed by atoms with Crippen LogP contribution in [0, 0.1) is 11.7 Å². The molecule has 4 rings (SSSR count). The molecule has 0 radical (unpaired) electrons.